The fraction of sp³-hybridized carbons (Fsp3) is 0.947. The van der Waals surface area contributed by atoms with Gasteiger partial charge in [0.05, 0.1) is 6.61 Å². The average Bonchev–Trinajstić information content (AvgIpc) is 2.49. The Kier molecular flexibility index (Phi) is 8.51. The zero-order valence-electron chi connectivity index (χ0n) is 16.7. The number of carbonyl (C=O) groups excluding carboxylic acids is 1. The van der Waals surface area contributed by atoms with Crippen LogP contribution in [0.15, 0.2) is 0 Å². The van der Waals surface area contributed by atoms with Crippen LogP contribution < -0.4 is 5.32 Å². The van der Waals surface area contributed by atoms with Crippen LogP contribution in [0.25, 0.3) is 0 Å². The molecular formula is C19H38N2O3. The molecule has 5 nitrogen and oxygen atoms in total. The molecule has 1 heterocycles. The van der Waals surface area contributed by atoms with Crippen LogP contribution in [0.1, 0.15) is 61.3 Å². The summed E-state index contributed by atoms with van der Waals surface area (Å²) in [6.07, 6.45) is 2.00. The van der Waals surface area contributed by atoms with E-state index >= 15 is 0 Å². The molecule has 0 saturated carbocycles. The van der Waals surface area contributed by atoms with Gasteiger partial charge in [-0.1, -0.05) is 13.8 Å². The topological polar surface area (TPSA) is 50.8 Å². The lowest BCUT2D eigenvalue weighted by Crippen LogP contribution is -2.51. The third kappa shape index (κ3) is 7.39. The summed E-state index contributed by atoms with van der Waals surface area (Å²) < 4.78 is 11.1. The minimum absolute atomic E-state index is 0.186. The Labute approximate surface area is 148 Å². The third-order valence-corrected chi connectivity index (χ3v) is 4.60. The van der Waals surface area contributed by atoms with Gasteiger partial charge in [-0.15, -0.1) is 0 Å². The molecule has 1 aliphatic heterocycles. The fourth-order valence-corrected chi connectivity index (χ4v) is 3.06. The maximum Gasteiger partial charge on any atom is 0.410 e. The molecule has 1 fully saturated rings. The Balaban J connectivity index is 2.57. The molecule has 1 aliphatic rings. The maximum atomic E-state index is 12.3. The molecule has 1 saturated heterocycles. The molecule has 0 bridgehead atoms. The Morgan fingerprint density at radius 1 is 1.29 bits per heavy atom. The molecule has 1 N–H and O–H groups in total. The van der Waals surface area contributed by atoms with E-state index in [0.29, 0.717) is 23.9 Å². The maximum absolute atomic E-state index is 12.3. The van der Waals surface area contributed by atoms with Gasteiger partial charge in [0.15, 0.2) is 0 Å². The predicted molar refractivity (Wildman–Crippen MR) is 98.2 cm³/mol. The molecule has 1 rings (SSSR count). The summed E-state index contributed by atoms with van der Waals surface area (Å²) in [5.74, 6) is 0.971. The van der Waals surface area contributed by atoms with Crippen LogP contribution >= 0.6 is 0 Å². The molecule has 1 amide bonds. The van der Waals surface area contributed by atoms with E-state index in [1.165, 1.54) is 0 Å². The van der Waals surface area contributed by atoms with E-state index in [9.17, 15) is 4.79 Å². The summed E-state index contributed by atoms with van der Waals surface area (Å²) >= 11 is 0. The standard InChI is InChI=1S/C19H38N2O3/c1-8-23-13-17(14(2)3)20-15(4)16-10-9-11-21(12-16)18(22)24-19(5,6)7/h14-17,20H,8-13H2,1-7H3. The SMILES string of the molecule is CCOCC(NC(C)C1CCCN(C(=O)OC(C)(C)C)C1)C(C)C. The molecule has 24 heavy (non-hydrogen) atoms. The molecule has 3 atom stereocenters. The van der Waals surface area contributed by atoms with Crippen LogP contribution in [0.5, 0.6) is 0 Å². The minimum atomic E-state index is -0.436. The lowest BCUT2D eigenvalue weighted by Gasteiger charge is -2.38. The second-order valence-electron chi connectivity index (χ2n) is 8.29. The molecule has 0 aromatic rings. The van der Waals surface area contributed by atoms with Crippen LogP contribution in [0.3, 0.4) is 0 Å². The van der Waals surface area contributed by atoms with E-state index in [2.05, 4.69) is 26.1 Å². The van der Waals surface area contributed by atoms with Crippen LogP contribution in [0.2, 0.25) is 0 Å². The van der Waals surface area contributed by atoms with Gasteiger partial charge in [-0.05, 0) is 59.3 Å². The van der Waals surface area contributed by atoms with E-state index in [1.807, 2.05) is 32.6 Å². The highest BCUT2D eigenvalue weighted by molar-refractivity contribution is 5.68. The summed E-state index contributed by atoms with van der Waals surface area (Å²) in [4.78, 5) is 14.2. The van der Waals surface area contributed by atoms with Crippen molar-refractivity contribution in [1.29, 1.82) is 0 Å². The molecule has 0 aromatic carbocycles. The monoisotopic (exact) mass is 342 g/mol. The van der Waals surface area contributed by atoms with Crippen molar-refractivity contribution in [3.05, 3.63) is 0 Å². The second kappa shape index (κ2) is 9.62. The molecule has 3 unspecified atom stereocenters. The summed E-state index contributed by atoms with van der Waals surface area (Å²) in [6.45, 7) is 17.5. The molecule has 0 spiro atoms. The third-order valence-electron chi connectivity index (χ3n) is 4.60. The fourth-order valence-electron chi connectivity index (χ4n) is 3.06. The number of hydrogen-bond acceptors (Lipinski definition) is 4. The Morgan fingerprint density at radius 3 is 2.50 bits per heavy atom. The number of ether oxygens (including phenoxy) is 2. The number of hydrogen-bond donors (Lipinski definition) is 1. The first kappa shape index (κ1) is 21.2. The predicted octanol–water partition coefficient (Wildman–Crippen LogP) is 3.67. The number of nitrogens with one attached hydrogen (secondary N) is 1. The van der Waals surface area contributed by atoms with Gasteiger partial charge in [-0.2, -0.15) is 0 Å². The van der Waals surface area contributed by atoms with Crippen LogP contribution in [0.4, 0.5) is 4.79 Å². The lowest BCUT2D eigenvalue weighted by atomic mass is 9.90. The van der Waals surface area contributed by atoms with E-state index < -0.39 is 5.60 Å². The van der Waals surface area contributed by atoms with Gasteiger partial charge in [0.2, 0.25) is 0 Å². The van der Waals surface area contributed by atoms with E-state index in [0.717, 1.165) is 39.1 Å². The molecule has 0 radical (unpaired) electrons. The van der Waals surface area contributed by atoms with E-state index in [4.69, 9.17) is 9.47 Å². The van der Waals surface area contributed by atoms with Gasteiger partial charge >= 0.3 is 6.09 Å². The molecular weight excluding hydrogens is 304 g/mol. The Morgan fingerprint density at radius 2 is 1.96 bits per heavy atom. The summed E-state index contributed by atoms with van der Waals surface area (Å²) in [6, 6.07) is 0.694. The number of rotatable bonds is 7. The summed E-state index contributed by atoms with van der Waals surface area (Å²) in [7, 11) is 0. The van der Waals surface area contributed by atoms with Gasteiger partial charge in [0, 0.05) is 31.8 Å². The lowest BCUT2D eigenvalue weighted by molar-refractivity contribution is 0.0137. The molecule has 0 aromatic heterocycles. The van der Waals surface area contributed by atoms with Crippen molar-refractivity contribution in [3.63, 3.8) is 0 Å². The highest BCUT2D eigenvalue weighted by Crippen LogP contribution is 2.22. The number of likely N-dealkylation sites (tertiary alicyclic amines) is 1. The number of amides is 1. The van der Waals surface area contributed by atoms with Gasteiger partial charge in [-0.25, -0.2) is 4.79 Å². The van der Waals surface area contributed by atoms with Crippen LogP contribution in [0, 0.1) is 11.8 Å². The highest BCUT2D eigenvalue weighted by atomic mass is 16.6. The van der Waals surface area contributed by atoms with Crippen molar-refractivity contribution in [2.24, 2.45) is 11.8 Å². The van der Waals surface area contributed by atoms with Gasteiger partial charge in [0.25, 0.3) is 0 Å². The number of carbonyl (C=O) groups is 1. The quantitative estimate of drug-likeness (QED) is 0.767. The average molecular weight is 343 g/mol. The highest BCUT2D eigenvalue weighted by Gasteiger charge is 2.31. The largest absolute Gasteiger partial charge is 0.444 e. The van der Waals surface area contributed by atoms with Crippen molar-refractivity contribution < 1.29 is 14.3 Å². The van der Waals surface area contributed by atoms with Crippen molar-refractivity contribution >= 4 is 6.09 Å². The summed E-state index contributed by atoms with van der Waals surface area (Å²) in [5, 5.41) is 3.72. The minimum Gasteiger partial charge on any atom is -0.444 e. The first-order valence-corrected chi connectivity index (χ1v) is 9.45. The van der Waals surface area contributed by atoms with Gasteiger partial charge in [-0.3, -0.25) is 0 Å². The summed E-state index contributed by atoms with van der Waals surface area (Å²) in [5.41, 5.74) is -0.436. The number of nitrogens with zero attached hydrogens (tertiary/aromatic N) is 1. The zero-order valence-corrected chi connectivity index (χ0v) is 16.7. The second-order valence-corrected chi connectivity index (χ2v) is 8.29. The normalized spacial score (nSPS) is 21.7. The molecule has 5 heteroatoms. The van der Waals surface area contributed by atoms with Gasteiger partial charge in [0.1, 0.15) is 5.60 Å². The van der Waals surface area contributed by atoms with E-state index in [1.54, 1.807) is 0 Å². The Bertz CT molecular complexity index is 379. The van der Waals surface area contributed by atoms with Crippen LogP contribution in [-0.4, -0.2) is 55.0 Å². The van der Waals surface area contributed by atoms with Gasteiger partial charge < -0.3 is 19.7 Å². The Hall–Kier alpha value is -0.810. The smallest absolute Gasteiger partial charge is 0.410 e. The van der Waals surface area contributed by atoms with Crippen LogP contribution in [-0.2, 0) is 9.47 Å². The number of piperidine rings is 1. The van der Waals surface area contributed by atoms with Crippen molar-refractivity contribution in [1.82, 2.24) is 10.2 Å². The van der Waals surface area contributed by atoms with Crippen molar-refractivity contribution in [3.8, 4) is 0 Å². The van der Waals surface area contributed by atoms with Crippen molar-refractivity contribution in [2.45, 2.75) is 79.0 Å². The zero-order chi connectivity index (χ0) is 18.3. The molecule has 142 valence electrons. The van der Waals surface area contributed by atoms with Crippen molar-refractivity contribution in [2.75, 3.05) is 26.3 Å². The first-order chi connectivity index (χ1) is 11.1. The first-order valence-electron chi connectivity index (χ1n) is 9.45. The van der Waals surface area contributed by atoms with E-state index in [-0.39, 0.29) is 6.09 Å². The molecule has 0 aliphatic carbocycles.